The third kappa shape index (κ3) is 7.53. The van der Waals surface area contributed by atoms with Crippen LogP contribution in [0, 0.1) is 0 Å². The van der Waals surface area contributed by atoms with Gasteiger partial charge in [0.15, 0.2) is 0 Å². The molecule has 0 saturated carbocycles. The molecular formula is C58H46Cl2N2S2SiZr. The molecule has 0 bridgehead atoms. The van der Waals surface area contributed by atoms with Crippen LogP contribution < -0.4 is 34.6 Å². The second-order valence-corrected chi connectivity index (χ2v) is 37.6. The summed E-state index contributed by atoms with van der Waals surface area (Å²) >= 11 is 1.18. The van der Waals surface area contributed by atoms with Crippen LogP contribution >= 0.6 is 23.5 Å². The number of benzene rings is 8. The van der Waals surface area contributed by atoms with Gasteiger partial charge in [0.25, 0.3) is 0 Å². The van der Waals surface area contributed by atoms with Crippen molar-refractivity contribution in [3.8, 4) is 22.3 Å². The van der Waals surface area contributed by atoms with E-state index in [1.807, 2.05) is 23.5 Å². The summed E-state index contributed by atoms with van der Waals surface area (Å²) in [4.78, 5) is 10.3. The number of halogens is 2. The van der Waals surface area contributed by atoms with Crippen LogP contribution in [0.2, 0.25) is 13.1 Å². The molecule has 0 radical (unpaired) electrons. The van der Waals surface area contributed by atoms with Gasteiger partial charge in [-0.1, -0.05) is 0 Å². The molecule has 12 rings (SSSR count). The number of para-hydroxylation sites is 4. The van der Waals surface area contributed by atoms with Gasteiger partial charge >= 0.3 is 397 Å². The molecule has 8 heteroatoms. The first kappa shape index (κ1) is 45.0. The van der Waals surface area contributed by atoms with E-state index in [4.69, 9.17) is 0 Å². The summed E-state index contributed by atoms with van der Waals surface area (Å²) in [6.45, 7) is 10.2. The van der Waals surface area contributed by atoms with Crippen molar-refractivity contribution in [1.29, 1.82) is 0 Å². The molecule has 2 heterocycles. The molecule has 66 heavy (non-hydrogen) atoms. The predicted molar refractivity (Wildman–Crippen MR) is 272 cm³/mol. The molecule has 0 saturated heterocycles. The number of allylic oxidation sites excluding steroid dienone is 2. The third-order valence-corrected chi connectivity index (χ3v) is 35.6. The molecule has 0 amide bonds. The van der Waals surface area contributed by atoms with Crippen LogP contribution in [0.3, 0.4) is 0 Å². The van der Waals surface area contributed by atoms with Crippen molar-refractivity contribution in [3.05, 3.63) is 215 Å². The van der Waals surface area contributed by atoms with Crippen LogP contribution in [0.4, 0.5) is 34.1 Å². The molecule has 2 aliphatic heterocycles. The maximum atomic E-state index is 2.66. The fraction of sp³-hybridized carbons (Fsp3) is 0.103. The van der Waals surface area contributed by atoms with E-state index in [0.717, 1.165) is 0 Å². The second kappa shape index (κ2) is 18.4. The average molecular weight is 1030 g/mol. The fourth-order valence-electron chi connectivity index (χ4n) is 10.7. The number of hydrogen-bond donors (Lipinski definition) is 0. The average Bonchev–Trinajstić information content (AvgIpc) is 3.84. The first-order valence-corrected chi connectivity index (χ1v) is 32.9. The normalized spacial score (nSPS) is 15.8. The zero-order valence-electron chi connectivity index (χ0n) is 37.1. The van der Waals surface area contributed by atoms with E-state index in [-0.39, 0.29) is 24.8 Å². The van der Waals surface area contributed by atoms with E-state index in [0.29, 0.717) is 7.25 Å². The Hall–Kier alpha value is -4.78. The summed E-state index contributed by atoms with van der Waals surface area (Å²) < 4.78 is 0.897. The van der Waals surface area contributed by atoms with Crippen molar-refractivity contribution in [2.75, 3.05) is 9.80 Å². The third-order valence-electron chi connectivity index (χ3n) is 13.4. The smallest absolute Gasteiger partial charge is 1.00 e. The minimum atomic E-state index is -2.58. The van der Waals surface area contributed by atoms with E-state index >= 15 is 0 Å². The molecular weight excluding hydrogens is 979 g/mol. The van der Waals surface area contributed by atoms with E-state index in [1.54, 1.807) is 22.3 Å². The summed E-state index contributed by atoms with van der Waals surface area (Å²) in [7, 11) is 0. The summed E-state index contributed by atoms with van der Waals surface area (Å²) in [5.74, 6) is 0. The number of fused-ring (bicyclic) bond motifs is 6. The molecule has 0 spiro atoms. The molecule has 322 valence electrons. The molecule has 2 atom stereocenters. The Balaban J connectivity index is 0.00000256. The second-order valence-electron chi connectivity index (χ2n) is 17.6. The summed E-state index contributed by atoms with van der Waals surface area (Å²) in [5.41, 5.74) is 21.0. The van der Waals surface area contributed by atoms with Gasteiger partial charge in [0.2, 0.25) is 0 Å². The number of hydrogen-bond acceptors (Lipinski definition) is 4. The van der Waals surface area contributed by atoms with Crippen LogP contribution in [0.25, 0.3) is 34.4 Å². The van der Waals surface area contributed by atoms with Crippen LogP contribution in [0.15, 0.2) is 213 Å². The molecule has 4 aliphatic rings. The van der Waals surface area contributed by atoms with Crippen LogP contribution in [0.5, 0.6) is 0 Å². The Morgan fingerprint density at radius 1 is 0.424 bits per heavy atom. The van der Waals surface area contributed by atoms with Gasteiger partial charge in [-0.3, -0.25) is 0 Å². The predicted octanol–water partition coefficient (Wildman–Crippen LogP) is 11.4. The van der Waals surface area contributed by atoms with Crippen molar-refractivity contribution < 1.29 is 45.2 Å². The van der Waals surface area contributed by atoms with Crippen molar-refractivity contribution in [1.82, 2.24) is 0 Å². The first-order valence-electron chi connectivity index (χ1n) is 22.2. The Morgan fingerprint density at radius 2 is 0.742 bits per heavy atom. The van der Waals surface area contributed by atoms with Crippen molar-refractivity contribution in [2.45, 2.75) is 53.8 Å². The molecule has 8 aromatic rings. The maximum Gasteiger partial charge on any atom is -1.00 e. The maximum absolute atomic E-state index is 2.66. The number of rotatable bonds is 6. The molecule has 8 aromatic carbocycles. The van der Waals surface area contributed by atoms with Gasteiger partial charge in [-0.15, -0.1) is 0 Å². The molecule has 0 N–H and O–H groups in total. The Kier molecular flexibility index (Phi) is 12.5. The van der Waals surface area contributed by atoms with E-state index in [2.05, 4.69) is 231 Å². The van der Waals surface area contributed by atoms with Crippen molar-refractivity contribution in [3.63, 3.8) is 0 Å². The summed E-state index contributed by atoms with van der Waals surface area (Å²) in [6, 6.07) is 68.3. The fourth-order valence-corrected chi connectivity index (χ4v) is 33.5. The van der Waals surface area contributed by atoms with Crippen LogP contribution in [-0.2, 0) is 20.4 Å². The van der Waals surface area contributed by atoms with Gasteiger partial charge in [-0.05, 0) is 0 Å². The quantitative estimate of drug-likeness (QED) is 0.153. The zero-order valence-corrected chi connectivity index (χ0v) is 43.7. The summed E-state index contributed by atoms with van der Waals surface area (Å²) in [5, 5.41) is 0. The van der Waals surface area contributed by atoms with Crippen LogP contribution in [-0.4, -0.2) is 5.43 Å². The molecule has 0 aromatic heterocycles. The summed E-state index contributed by atoms with van der Waals surface area (Å²) in [6.07, 6.45) is 5.18. The van der Waals surface area contributed by atoms with Gasteiger partial charge in [0.05, 0.1) is 0 Å². The topological polar surface area (TPSA) is 6.48 Å². The van der Waals surface area contributed by atoms with E-state index in [1.165, 1.54) is 87.1 Å². The van der Waals surface area contributed by atoms with Gasteiger partial charge in [-0.2, -0.15) is 0 Å². The van der Waals surface area contributed by atoms with Crippen LogP contribution in [0.1, 0.15) is 43.4 Å². The van der Waals surface area contributed by atoms with Gasteiger partial charge in [-0.25, -0.2) is 0 Å². The van der Waals surface area contributed by atoms with Gasteiger partial charge in [0, 0.05) is 0 Å². The first-order chi connectivity index (χ1) is 31.4. The molecule has 0 unspecified atom stereocenters. The van der Waals surface area contributed by atoms with Crippen molar-refractivity contribution >= 4 is 75.2 Å². The zero-order chi connectivity index (χ0) is 43.1. The molecule has 0 fully saturated rings. The van der Waals surface area contributed by atoms with Gasteiger partial charge < -0.3 is 24.8 Å². The number of nitrogens with zero attached hydrogens (tertiary/aromatic N) is 2. The SMILES string of the molecule is CC1=Cc2c(-c3ccccc3)cc(N3c4ccccc4Sc4ccccc43)cc2[C@@H]1[Zr+2]([C@H]1C(C)=Cc2c(-c3ccccc3)cc(N3c4ccccc4Sc4ccccc43)cc21)=[Si](C)C.[Cl-].[Cl-]. The Labute approximate surface area is 417 Å². The standard InChI is InChI=1S/2C28H20NS.C2H6Si.2ClH.Zr/c2*1-19-15-21-17-22(18-24(23(21)16-19)20-9-3-2-4-10-20)29-25-11-5-7-13-27(25)30-28-14-8-6-12-26(28)29;1-3-2;;;/h2*2-18H,1H3;1-2H3;2*1H;/q;;;;;+2/p-2. The van der Waals surface area contributed by atoms with Crippen molar-refractivity contribution in [2.24, 2.45) is 0 Å². The number of anilines is 6. The molecule has 2 aliphatic carbocycles. The largest absolute Gasteiger partial charge is 1.00 e. The minimum absolute atomic E-state index is 0. The van der Waals surface area contributed by atoms with Gasteiger partial charge in [0.1, 0.15) is 0 Å². The molecule has 2 nitrogen and oxygen atoms in total. The Bertz CT molecular complexity index is 3010. The minimum Gasteiger partial charge on any atom is -1.00 e. The van der Waals surface area contributed by atoms with E-state index < -0.39 is 25.8 Å². The monoisotopic (exact) mass is 1020 g/mol. The van der Waals surface area contributed by atoms with E-state index in [9.17, 15) is 0 Å². The Morgan fingerprint density at radius 3 is 1.08 bits per heavy atom.